The van der Waals surface area contributed by atoms with Crippen LogP contribution in [0.5, 0.6) is 5.75 Å². The molecule has 0 aromatic heterocycles. The summed E-state index contributed by atoms with van der Waals surface area (Å²) in [7, 11) is 0. The second kappa shape index (κ2) is 6.67. The van der Waals surface area contributed by atoms with Crippen molar-refractivity contribution in [3.05, 3.63) is 24.3 Å². The van der Waals surface area contributed by atoms with Gasteiger partial charge in [0.05, 0.1) is 0 Å². The third kappa shape index (κ3) is 3.79. The molecule has 2 rings (SSSR count). The minimum Gasteiger partial charge on any atom is -0.492 e. The van der Waals surface area contributed by atoms with Gasteiger partial charge in [-0.15, -0.1) is 0 Å². The average Bonchev–Trinajstić information content (AvgIpc) is 2.46. The van der Waals surface area contributed by atoms with Gasteiger partial charge in [0.1, 0.15) is 18.1 Å². The van der Waals surface area contributed by atoms with Gasteiger partial charge in [-0.3, -0.25) is 9.59 Å². The molecule has 1 aromatic rings. The molecule has 0 saturated heterocycles. The van der Waals surface area contributed by atoms with Crippen molar-refractivity contribution in [2.75, 3.05) is 18.5 Å². The zero-order valence-corrected chi connectivity index (χ0v) is 10.9. The van der Waals surface area contributed by atoms with Crippen molar-refractivity contribution in [3.63, 3.8) is 0 Å². The molecule has 0 fully saturated rings. The Labute approximate surface area is 116 Å². The Hall–Kier alpha value is -2.41. The number of hydrogen-bond donors (Lipinski definition) is 3. The largest absolute Gasteiger partial charge is 0.492 e. The summed E-state index contributed by atoms with van der Waals surface area (Å²) in [5.74, 6) is 0.117. The van der Waals surface area contributed by atoms with Crippen molar-refractivity contribution in [3.8, 4) is 5.75 Å². The Morgan fingerprint density at radius 3 is 3.00 bits per heavy atom. The highest BCUT2D eigenvalue weighted by atomic mass is 16.5. The SMILES string of the molecule is NCCOc1cccc(NC(=O)C2=NNC(=O)CC2)c1. The first kappa shape index (κ1) is 14.0. The molecule has 7 heteroatoms. The molecule has 20 heavy (non-hydrogen) atoms. The quantitative estimate of drug-likeness (QED) is 0.715. The van der Waals surface area contributed by atoms with E-state index in [4.69, 9.17) is 10.5 Å². The molecule has 1 aliphatic heterocycles. The van der Waals surface area contributed by atoms with E-state index < -0.39 is 0 Å². The van der Waals surface area contributed by atoms with Crippen LogP contribution in [0.15, 0.2) is 29.4 Å². The number of rotatable bonds is 5. The lowest BCUT2D eigenvalue weighted by atomic mass is 10.1. The molecule has 1 aromatic carbocycles. The van der Waals surface area contributed by atoms with E-state index in [2.05, 4.69) is 15.8 Å². The smallest absolute Gasteiger partial charge is 0.271 e. The molecule has 0 unspecified atom stereocenters. The van der Waals surface area contributed by atoms with Crippen molar-refractivity contribution in [2.45, 2.75) is 12.8 Å². The minimum atomic E-state index is -0.332. The van der Waals surface area contributed by atoms with Crippen LogP contribution in [0.4, 0.5) is 5.69 Å². The zero-order valence-electron chi connectivity index (χ0n) is 10.9. The Balaban J connectivity index is 1.99. The lowest BCUT2D eigenvalue weighted by Gasteiger charge is -2.12. The predicted molar refractivity (Wildman–Crippen MR) is 74.4 cm³/mol. The zero-order chi connectivity index (χ0) is 14.4. The van der Waals surface area contributed by atoms with Gasteiger partial charge in [-0.1, -0.05) is 6.07 Å². The highest BCUT2D eigenvalue weighted by Gasteiger charge is 2.18. The first-order chi connectivity index (χ1) is 9.69. The molecular formula is C13H16N4O3. The first-order valence-electron chi connectivity index (χ1n) is 6.28. The number of nitrogens with two attached hydrogens (primary N) is 1. The fraction of sp³-hybridized carbons (Fsp3) is 0.308. The molecule has 106 valence electrons. The number of ether oxygens (including phenoxy) is 1. The molecule has 1 aliphatic rings. The van der Waals surface area contributed by atoms with Gasteiger partial charge in [0.25, 0.3) is 5.91 Å². The summed E-state index contributed by atoms with van der Waals surface area (Å²) in [4.78, 5) is 22.9. The van der Waals surface area contributed by atoms with E-state index in [-0.39, 0.29) is 18.2 Å². The molecule has 4 N–H and O–H groups in total. The number of hydrogen-bond acceptors (Lipinski definition) is 5. The maximum Gasteiger partial charge on any atom is 0.271 e. The molecule has 2 amide bonds. The van der Waals surface area contributed by atoms with E-state index in [0.717, 1.165) is 0 Å². The normalized spacial score (nSPS) is 14.2. The van der Waals surface area contributed by atoms with Crippen molar-refractivity contribution in [1.82, 2.24) is 5.43 Å². The number of anilines is 1. The highest BCUT2D eigenvalue weighted by molar-refractivity contribution is 6.43. The van der Waals surface area contributed by atoms with Gasteiger partial charge in [0.15, 0.2) is 0 Å². The maximum atomic E-state index is 11.9. The monoisotopic (exact) mass is 276 g/mol. The predicted octanol–water partition coefficient (Wildman–Crippen LogP) is 0.229. The molecule has 1 heterocycles. The van der Waals surface area contributed by atoms with Crippen molar-refractivity contribution in [1.29, 1.82) is 0 Å². The topological polar surface area (TPSA) is 106 Å². The van der Waals surface area contributed by atoms with E-state index in [1.807, 2.05) is 0 Å². The minimum absolute atomic E-state index is 0.182. The Morgan fingerprint density at radius 2 is 2.30 bits per heavy atom. The lowest BCUT2D eigenvalue weighted by Crippen LogP contribution is -2.32. The fourth-order valence-corrected chi connectivity index (χ4v) is 1.68. The van der Waals surface area contributed by atoms with Crippen LogP contribution in [0.2, 0.25) is 0 Å². The molecule has 0 spiro atoms. The van der Waals surface area contributed by atoms with Crippen LogP contribution in [0, 0.1) is 0 Å². The van der Waals surface area contributed by atoms with E-state index in [1.54, 1.807) is 24.3 Å². The van der Waals surface area contributed by atoms with E-state index in [0.29, 0.717) is 36.7 Å². The third-order valence-electron chi connectivity index (χ3n) is 2.65. The van der Waals surface area contributed by atoms with Gasteiger partial charge in [0, 0.05) is 31.1 Å². The van der Waals surface area contributed by atoms with Crippen LogP contribution in [-0.2, 0) is 9.59 Å². The average molecular weight is 276 g/mol. The lowest BCUT2D eigenvalue weighted by molar-refractivity contribution is -0.121. The molecular weight excluding hydrogens is 260 g/mol. The second-order valence-corrected chi connectivity index (χ2v) is 4.21. The molecule has 0 aliphatic carbocycles. The van der Waals surface area contributed by atoms with Crippen molar-refractivity contribution < 1.29 is 14.3 Å². The van der Waals surface area contributed by atoms with Crippen LogP contribution >= 0.6 is 0 Å². The number of carbonyl (C=O) groups is 2. The Kier molecular flexibility index (Phi) is 4.67. The summed E-state index contributed by atoms with van der Waals surface area (Å²) in [6, 6.07) is 7.00. The number of nitrogens with one attached hydrogen (secondary N) is 2. The van der Waals surface area contributed by atoms with Gasteiger partial charge in [-0.25, -0.2) is 5.43 Å². The highest BCUT2D eigenvalue weighted by Crippen LogP contribution is 2.17. The van der Waals surface area contributed by atoms with Crippen LogP contribution in [0.1, 0.15) is 12.8 Å². The molecule has 7 nitrogen and oxygen atoms in total. The van der Waals surface area contributed by atoms with Gasteiger partial charge in [-0.05, 0) is 12.1 Å². The van der Waals surface area contributed by atoms with Crippen LogP contribution in [0.25, 0.3) is 0 Å². The van der Waals surface area contributed by atoms with Gasteiger partial charge in [-0.2, -0.15) is 5.10 Å². The van der Waals surface area contributed by atoms with Gasteiger partial charge < -0.3 is 15.8 Å². The molecule has 0 radical (unpaired) electrons. The van der Waals surface area contributed by atoms with Gasteiger partial charge >= 0.3 is 0 Å². The summed E-state index contributed by atoms with van der Waals surface area (Å²) >= 11 is 0. The van der Waals surface area contributed by atoms with Crippen LogP contribution < -0.4 is 21.2 Å². The molecule has 0 bridgehead atoms. The summed E-state index contributed by atoms with van der Waals surface area (Å²) in [6.07, 6.45) is 0.604. The number of benzene rings is 1. The summed E-state index contributed by atoms with van der Waals surface area (Å²) in [6.45, 7) is 0.837. The second-order valence-electron chi connectivity index (χ2n) is 4.21. The number of hydrazone groups is 1. The third-order valence-corrected chi connectivity index (χ3v) is 2.65. The van der Waals surface area contributed by atoms with Crippen LogP contribution in [0.3, 0.4) is 0 Å². The maximum absolute atomic E-state index is 11.9. The fourth-order valence-electron chi connectivity index (χ4n) is 1.68. The summed E-state index contributed by atoms with van der Waals surface area (Å²) in [5.41, 5.74) is 8.55. The van der Waals surface area contributed by atoms with E-state index in [1.165, 1.54) is 0 Å². The van der Waals surface area contributed by atoms with Crippen LogP contribution in [-0.4, -0.2) is 30.7 Å². The number of amides is 2. The number of carbonyl (C=O) groups excluding carboxylic acids is 2. The summed E-state index contributed by atoms with van der Waals surface area (Å²) < 4.78 is 5.37. The van der Waals surface area contributed by atoms with Gasteiger partial charge in [0.2, 0.25) is 5.91 Å². The summed E-state index contributed by atoms with van der Waals surface area (Å²) in [5, 5.41) is 6.45. The number of nitrogens with zero attached hydrogens (tertiary/aromatic N) is 1. The first-order valence-corrected chi connectivity index (χ1v) is 6.28. The standard InChI is InChI=1S/C13H16N4O3/c14-6-7-20-10-3-1-2-9(8-10)15-13(19)11-4-5-12(18)17-16-11/h1-3,8H,4-7,14H2,(H,15,19)(H,17,18). The van der Waals surface area contributed by atoms with E-state index >= 15 is 0 Å². The van der Waals surface area contributed by atoms with Crippen molar-refractivity contribution >= 4 is 23.2 Å². The Bertz CT molecular complexity index is 542. The Morgan fingerprint density at radius 1 is 1.45 bits per heavy atom. The molecule has 0 atom stereocenters. The van der Waals surface area contributed by atoms with Crippen molar-refractivity contribution in [2.24, 2.45) is 10.8 Å². The molecule has 0 saturated carbocycles. The van der Waals surface area contributed by atoms with E-state index in [9.17, 15) is 9.59 Å².